The van der Waals surface area contributed by atoms with Crippen molar-refractivity contribution in [2.24, 2.45) is 5.73 Å². The van der Waals surface area contributed by atoms with Crippen molar-refractivity contribution in [3.63, 3.8) is 0 Å². The van der Waals surface area contributed by atoms with Crippen LogP contribution in [0.15, 0.2) is 36.5 Å². The van der Waals surface area contributed by atoms with Gasteiger partial charge in [-0.3, -0.25) is 9.78 Å². The molecule has 2 rings (SSSR count). The minimum atomic E-state index is -4.56. The minimum absolute atomic E-state index is 0. The van der Waals surface area contributed by atoms with E-state index in [2.05, 4.69) is 9.72 Å². The predicted molar refractivity (Wildman–Crippen MR) is 84.9 cm³/mol. The van der Waals surface area contributed by atoms with Gasteiger partial charge in [0.05, 0.1) is 5.52 Å². The van der Waals surface area contributed by atoms with E-state index in [1.165, 1.54) is 0 Å². The molecule has 0 fully saturated rings. The minimum Gasteiger partial charge on any atom is -0.455 e. The number of rotatable bonds is 4. The van der Waals surface area contributed by atoms with Gasteiger partial charge in [-0.15, -0.1) is 24.8 Å². The van der Waals surface area contributed by atoms with Crippen molar-refractivity contribution < 1.29 is 22.7 Å². The maximum absolute atomic E-state index is 12.0. The van der Waals surface area contributed by atoms with Crippen molar-refractivity contribution in [2.45, 2.75) is 18.6 Å². The van der Waals surface area contributed by atoms with E-state index in [1.54, 1.807) is 12.3 Å². The lowest BCUT2D eigenvalue weighted by atomic mass is 10.1. The summed E-state index contributed by atoms with van der Waals surface area (Å²) in [4.78, 5) is 15.6. The lowest BCUT2D eigenvalue weighted by Crippen LogP contribution is -2.36. The molecule has 1 aromatic carbocycles. The number of esters is 1. The molecule has 0 radical (unpaired) electrons. The van der Waals surface area contributed by atoms with Crippen molar-refractivity contribution in [2.75, 3.05) is 6.61 Å². The highest BCUT2D eigenvalue weighted by Gasteiger charge is 2.30. The number of fused-ring (bicyclic) bond motifs is 1. The molecule has 1 atom stereocenters. The highest BCUT2D eigenvalue weighted by Crippen LogP contribution is 2.16. The van der Waals surface area contributed by atoms with Crippen LogP contribution in [0.3, 0.4) is 0 Å². The summed E-state index contributed by atoms with van der Waals surface area (Å²) < 4.78 is 40.0. The molecule has 128 valence electrons. The number of halogens is 5. The van der Waals surface area contributed by atoms with Gasteiger partial charge < -0.3 is 10.5 Å². The molecule has 2 aromatic rings. The molecule has 23 heavy (non-hydrogen) atoms. The van der Waals surface area contributed by atoms with Crippen LogP contribution in [-0.4, -0.2) is 29.8 Å². The summed E-state index contributed by atoms with van der Waals surface area (Å²) in [5.41, 5.74) is 7.00. The zero-order valence-corrected chi connectivity index (χ0v) is 13.4. The lowest BCUT2D eigenvalue weighted by molar-refractivity contribution is -0.187. The summed E-state index contributed by atoms with van der Waals surface area (Å²) in [6.07, 6.45) is -2.95. The Morgan fingerprint density at radius 1 is 1.26 bits per heavy atom. The number of benzene rings is 1. The first-order valence-corrected chi connectivity index (χ1v) is 6.18. The maximum Gasteiger partial charge on any atom is 0.422 e. The van der Waals surface area contributed by atoms with E-state index in [0.717, 1.165) is 10.9 Å². The Morgan fingerprint density at radius 2 is 1.91 bits per heavy atom. The second-order valence-corrected chi connectivity index (χ2v) is 4.57. The Morgan fingerprint density at radius 3 is 2.57 bits per heavy atom. The molecule has 0 saturated carbocycles. The van der Waals surface area contributed by atoms with Gasteiger partial charge in [0.15, 0.2) is 6.61 Å². The van der Waals surface area contributed by atoms with Crippen LogP contribution in [0.2, 0.25) is 0 Å². The molecule has 0 amide bonds. The SMILES string of the molecule is Cl.Cl.N[C@@H](Cc1cnc2ccccc2c1)C(=O)OCC(F)(F)F. The number of alkyl halides is 3. The molecule has 0 aliphatic rings. The summed E-state index contributed by atoms with van der Waals surface area (Å²) in [5, 5.41) is 0.867. The summed E-state index contributed by atoms with van der Waals surface area (Å²) in [6, 6.07) is 7.99. The molecule has 1 heterocycles. The molecule has 0 saturated heterocycles. The van der Waals surface area contributed by atoms with Gasteiger partial charge in [-0.1, -0.05) is 18.2 Å². The lowest BCUT2D eigenvalue weighted by Gasteiger charge is -2.13. The van der Waals surface area contributed by atoms with Crippen molar-refractivity contribution in [3.8, 4) is 0 Å². The largest absolute Gasteiger partial charge is 0.455 e. The Balaban J connectivity index is 0.00000242. The van der Waals surface area contributed by atoms with Crippen molar-refractivity contribution >= 4 is 41.7 Å². The van der Waals surface area contributed by atoms with Crippen LogP contribution in [-0.2, 0) is 16.0 Å². The molecule has 1 aromatic heterocycles. The van der Waals surface area contributed by atoms with Crippen molar-refractivity contribution in [1.29, 1.82) is 0 Å². The zero-order chi connectivity index (χ0) is 15.5. The number of nitrogens with zero attached hydrogens (tertiary/aromatic N) is 1. The van der Waals surface area contributed by atoms with E-state index in [0.29, 0.717) is 5.56 Å². The summed E-state index contributed by atoms with van der Waals surface area (Å²) in [7, 11) is 0. The van der Waals surface area contributed by atoms with Gasteiger partial charge in [0.1, 0.15) is 6.04 Å². The normalized spacial score (nSPS) is 12.0. The first-order chi connectivity index (χ1) is 9.85. The number of nitrogens with two attached hydrogens (primary N) is 1. The summed E-state index contributed by atoms with van der Waals surface area (Å²) in [5.74, 6) is -1.08. The third-order valence-electron chi connectivity index (χ3n) is 2.78. The van der Waals surface area contributed by atoms with Crippen LogP contribution in [0.4, 0.5) is 13.2 Å². The Hall–Kier alpha value is -1.57. The van der Waals surface area contributed by atoms with E-state index in [9.17, 15) is 18.0 Å². The van der Waals surface area contributed by atoms with Gasteiger partial charge >= 0.3 is 12.1 Å². The third-order valence-corrected chi connectivity index (χ3v) is 2.78. The monoisotopic (exact) mass is 370 g/mol. The Bertz CT molecular complexity index is 653. The molecule has 0 spiro atoms. The number of pyridine rings is 1. The number of ether oxygens (including phenoxy) is 1. The molecule has 9 heteroatoms. The zero-order valence-electron chi connectivity index (χ0n) is 11.7. The van der Waals surface area contributed by atoms with Crippen LogP contribution in [0.5, 0.6) is 0 Å². The number of hydrogen-bond donors (Lipinski definition) is 1. The summed E-state index contributed by atoms with van der Waals surface area (Å²) in [6.45, 7) is -1.63. The molecule has 0 unspecified atom stereocenters. The van der Waals surface area contributed by atoms with E-state index in [-0.39, 0.29) is 31.2 Å². The van der Waals surface area contributed by atoms with Crippen LogP contribution >= 0.6 is 24.8 Å². The van der Waals surface area contributed by atoms with Gasteiger partial charge in [-0.2, -0.15) is 13.2 Å². The number of carbonyl (C=O) groups excluding carboxylic acids is 1. The van der Waals surface area contributed by atoms with Gasteiger partial charge in [0, 0.05) is 11.6 Å². The molecular weight excluding hydrogens is 356 g/mol. The van der Waals surface area contributed by atoms with Crippen molar-refractivity contribution in [3.05, 3.63) is 42.1 Å². The summed E-state index contributed by atoms with van der Waals surface area (Å²) >= 11 is 0. The topological polar surface area (TPSA) is 65.2 Å². The molecule has 0 aliphatic carbocycles. The quantitative estimate of drug-likeness (QED) is 0.840. The van der Waals surface area contributed by atoms with E-state index >= 15 is 0 Å². The number of aromatic nitrogens is 1. The molecule has 0 aliphatic heterocycles. The van der Waals surface area contributed by atoms with Crippen LogP contribution in [0.1, 0.15) is 5.56 Å². The maximum atomic E-state index is 12.0. The second kappa shape index (κ2) is 8.90. The first kappa shape index (κ1) is 21.4. The second-order valence-electron chi connectivity index (χ2n) is 4.57. The highest BCUT2D eigenvalue weighted by molar-refractivity contribution is 5.85. The standard InChI is InChI=1S/C14H13F3N2O2.2ClH/c15-14(16,17)8-21-13(20)11(18)6-9-5-10-3-1-2-4-12(10)19-7-9;;/h1-5,7,11H,6,8,18H2;2*1H/t11-;;/m0../s1. The molecule has 0 bridgehead atoms. The average Bonchev–Trinajstić information content (AvgIpc) is 2.43. The average molecular weight is 371 g/mol. The fourth-order valence-electron chi connectivity index (χ4n) is 1.83. The fraction of sp³-hybridized carbons (Fsp3) is 0.286. The van der Waals surface area contributed by atoms with Gasteiger partial charge in [-0.25, -0.2) is 0 Å². The van der Waals surface area contributed by atoms with Gasteiger partial charge in [0.25, 0.3) is 0 Å². The number of hydrogen-bond acceptors (Lipinski definition) is 4. The number of para-hydroxylation sites is 1. The molecule has 2 N–H and O–H groups in total. The molecule has 4 nitrogen and oxygen atoms in total. The molecular formula is C14H15Cl2F3N2O2. The van der Waals surface area contributed by atoms with E-state index in [4.69, 9.17) is 5.73 Å². The van der Waals surface area contributed by atoms with Crippen molar-refractivity contribution in [1.82, 2.24) is 4.98 Å². The first-order valence-electron chi connectivity index (χ1n) is 6.18. The Kier molecular flexibility index (Phi) is 8.30. The predicted octanol–water partition coefficient (Wildman–Crippen LogP) is 3.05. The Labute approximate surface area is 143 Å². The van der Waals surface area contributed by atoms with Crippen LogP contribution in [0, 0.1) is 0 Å². The fourth-order valence-corrected chi connectivity index (χ4v) is 1.83. The number of carbonyl (C=O) groups is 1. The third kappa shape index (κ3) is 6.60. The van der Waals surface area contributed by atoms with E-state index in [1.807, 2.05) is 24.3 Å². The van der Waals surface area contributed by atoms with Gasteiger partial charge in [0.2, 0.25) is 0 Å². The van der Waals surface area contributed by atoms with E-state index < -0.39 is 24.8 Å². The van der Waals surface area contributed by atoms with Crippen LogP contribution in [0.25, 0.3) is 10.9 Å². The smallest absolute Gasteiger partial charge is 0.422 e. The van der Waals surface area contributed by atoms with Gasteiger partial charge in [-0.05, 0) is 24.1 Å². The highest BCUT2D eigenvalue weighted by atomic mass is 35.5. The van der Waals surface area contributed by atoms with Crippen LogP contribution < -0.4 is 5.73 Å².